The van der Waals surface area contributed by atoms with Gasteiger partial charge in [0.15, 0.2) is 0 Å². The van der Waals surface area contributed by atoms with E-state index >= 15 is 0 Å². The number of fused-ring (bicyclic) bond motifs is 1. The Kier molecular flexibility index (Phi) is 7.55. The van der Waals surface area contributed by atoms with Gasteiger partial charge in [-0.15, -0.1) is 0 Å². The summed E-state index contributed by atoms with van der Waals surface area (Å²) in [6, 6.07) is 19.7. The summed E-state index contributed by atoms with van der Waals surface area (Å²) in [5.74, 6) is 0.00166. The number of ether oxygens (including phenoxy) is 2. The van der Waals surface area contributed by atoms with Crippen molar-refractivity contribution in [3.8, 4) is 0 Å². The summed E-state index contributed by atoms with van der Waals surface area (Å²) in [6.45, 7) is 12.9. The first-order valence-electron chi connectivity index (χ1n) is 12.7. The normalized spacial score (nSPS) is 14.5. The molecule has 0 heterocycles. The largest absolute Gasteiger partial charge is 0.384 e. The number of para-hydroxylation sites is 1. The number of carbonyl (C=O) groups is 1. The molecule has 0 bridgehead atoms. The minimum Gasteiger partial charge on any atom is -0.384 e. The summed E-state index contributed by atoms with van der Waals surface area (Å²) in [5, 5.41) is 1.36. The molecule has 1 aliphatic carbocycles. The molecule has 5 heteroatoms. The Balaban J connectivity index is 2.02. The van der Waals surface area contributed by atoms with Crippen molar-refractivity contribution in [3.63, 3.8) is 0 Å². The Morgan fingerprint density at radius 2 is 1.33 bits per heavy atom. The highest BCUT2D eigenvalue weighted by molar-refractivity contribution is 6.90. The molecular weight excluding hydrogens is 462 g/mol. The second-order valence-corrected chi connectivity index (χ2v) is 16.2. The van der Waals surface area contributed by atoms with Crippen LogP contribution >= 0.6 is 0 Å². The molecule has 0 aliphatic heterocycles. The highest BCUT2D eigenvalue weighted by atomic mass is 28.3. The predicted octanol–water partition coefficient (Wildman–Crippen LogP) is 6.20. The van der Waals surface area contributed by atoms with E-state index in [2.05, 4.69) is 33.5 Å². The number of carbonyl (C=O) groups excluding carboxylic acids is 1. The van der Waals surface area contributed by atoms with Gasteiger partial charge in [0.25, 0.3) is 5.91 Å². The Bertz CT molecular complexity index is 1230. The average Bonchev–Trinajstić information content (AvgIpc) is 3.23. The van der Waals surface area contributed by atoms with Gasteiger partial charge in [0.2, 0.25) is 0 Å². The fourth-order valence-electron chi connectivity index (χ4n) is 6.09. The number of rotatable bonds is 8. The highest BCUT2D eigenvalue weighted by Gasteiger charge is 2.43. The van der Waals surface area contributed by atoms with Gasteiger partial charge < -0.3 is 9.47 Å². The molecule has 0 aromatic heterocycles. The van der Waals surface area contributed by atoms with Crippen molar-refractivity contribution in [1.29, 1.82) is 0 Å². The number of methoxy groups -OCH3 is 2. The summed E-state index contributed by atoms with van der Waals surface area (Å²) in [7, 11) is 1.67. The minimum atomic E-state index is -1.88. The lowest BCUT2D eigenvalue weighted by Gasteiger charge is -2.34. The van der Waals surface area contributed by atoms with E-state index in [0.29, 0.717) is 18.8 Å². The van der Waals surface area contributed by atoms with Crippen molar-refractivity contribution in [2.24, 2.45) is 5.41 Å². The third kappa shape index (κ3) is 4.80. The van der Waals surface area contributed by atoms with Gasteiger partial charge in [-0.3, -0.25) is 9.69 Å². The molecule has 1 amide bonds. The van der Waals surface area contributed by atoms with E-state index in [1.54, 1.807) is 14.2 Å². The van der Waals surface area contributed by atoms with Gasteiger partial charge in [0.05, 0.1) is 27.0 Å². The lowest BCUT2D eigenvalue weighted by molar-refractivity contribution is 0.0167. The Hall–Kier alpha value is -2.73. The maximum Gasteiger partial charge on any atom is 0.262 e. The molecule has 0 saturated carbocycles. The zero-order chi connectivity index (χ0) is 26.1. The molecule has 4 nitrogen and oxygen atoms in total. The van der Waals surface area contributed by atoms with Crippen LogP contribution < -0.4 is 10.1 Å². The maximum absolute atomic E-state index is 14.2. The molecule has 0 radical (unpaired) electrons. The number of anilines is 2. The second-order valence-electron chi connectivity index (χ2n) is 11.2. The summed E-state index contributed by atoms with van der Waals surface area (Å²) < 4.78 is 11.4. The molecule has 0 N–H and O–H groups in total. The standard InChI is InChI=1S/C31H39NO3Si/c1-22-26-18-31(20-34-3,21-35-4)19-27(26)23(2)29(36(5,6)7)28(22)32(25-16-12-9-13-17-25)30(33)24-14-10-8-11-15-24/h8-17H,18-21H2,1-7H3. The van der Waals surface area contributed by atoms with E-state index in [0.717, 1.165) is 24.2 Å². The number of nitrogens with zero attached hydrogens (tertiary/aromatic N) is 1. The van der Waals surface area contributed by atoms with Crippen molar-refractivity contribution in [1.82, 2.24) is 0 Å². The molecule has 3 aromatic carbocycles. The molecule has 1 aliphatic rings. The minimum absolute atomic E-state index is 0.00166. The quantitative estimate of drug-likeness (QED) is 0.345. The van der Waals surface area contributed by atoms with Gasteiger partial charge >= 0.3 is 0 Å². The highest BCUT2D eigenvalue weighted by Crippen LogP contribution is 2.45. The van der Waals surface area contributed by atoms with Gasteiger partial charge in [-0.05, 0) is 78.4 Å². The monoisotopic (exact) mass is 501 g/mol. The van der Waals surface area contributed by atoms with Crippen LogP contribution in [0.2, 0.25) is 19.6 Å². The first-order chi connectivity index (χ1) is 17.1. The summed E-state index contributed by atoms with van der Waals surface area (Å²) in [6.07, 6.45) is 1.82. The van der Waals surface area contributed by atoms with Crippen molar-refractivity contribution >= 4 is 30.5 Å². The number of amides is 1. The van der Waals surface area contributed by atoms with Crippen LogP contribution in [0.15, 0.2) is 60.7 Å². The molecule has 0 saturated heterocycles. The molecule has 0 unspecified atom stereocenters. The van der Waals surface area contributed by atoms with Crippen LogP contribution in [0.5, 0.6) is 0 Å². The van der Waals surface area contributed by atoms with Gasteiger partial charge in [-0.1, -0.05) is 56.0 Å². The van der Waals surface area contributed by atoms with Crippen molar-refractivity contribution < 1.29 is 14.3 Å². The molecule has 36 heavy (non-hydrogen) atoms. The second kappa shape index (κ2) is 10.3. The lowest BCUT2D eigenvalue weighted by Crippen LogP contribution is -2.45. The van der Waals surface area contributed by atoms with Crippen molar-refractivity contribution in [2.75, 3.05) is 32.3 Å². The fourth-order valence-corrected chi connectivity index (χ4v) is 8.38. The van der Waals surface area contributed by atoms with E-state index in [9.17, 15) is 4.79 Å². The van der Waals surface area contributed by atoms with Crippen LogP contribution in [0.1, 0.15) is 32.6 Å². The van der Waals surface area contributed by atoms with Crippen LogP contribution in [0.4, 0.5) is 11.4 Å². The Morgan fingerprint density at radius 1 is 0.833 bits per heavy atom. The van der Waals surface area contributed by atoms with Gasteiger partial charge in [0.1, 0.15) is 0 Å². The van der Waals surface area contributed by atoms with Crippen LogP contribution in [-0.4, -0.2) is 41.4 Å². The topological polar surface area (TPSA) is 38.8 Å². The Labute approximate surface area is 217 Å². The first kappa shape index (κ1) is 26.3. The van der Waals surface area contributed by atoms with E-state index in [-0.39, 0.29) is 11.3 Å². The van der Waals surface area contributed by atoms with Crippen LogP contribution in [0.3, 0.4) is 0 Å². The molecule has 0 fully saturated rings. The smallest absolute Gasteiger partial charge is 0.262 e. The maximum atomic E-state index is 14.2. The first-order valence-corrected chi connectivity index (χ1v) is 16.2. The number of hydrogen-bond donors (Lipinski definition) is 0. The van der Waals surface area contributed by atoms with Crippen LogP contribution in [-0.2, 0) is 22.3 Å². The van der Waals surface area contributed by atoms with E-state index < -0.39 is 8.07 Å². The van der Waals surface area contributed by atoms with Gasteiger partial charge in [0, 0.05) is 30.9 Å². The molecular formula is C31H39NO3Si. The third-order valence-electron chi connectivity index (χ3n) is 7.45. The van der Waals surface area contributed by atoms with Gasteiger partial charge in [-0.2, -0.15) is 0 Å². The molecule has 0 atom stereocenters. The molecule has 190 valence electrons. The van der Waals surface area contributed by atoms with E-state index in [1.807, 2.05) is 65.6 Å². The lowest BCUT2D eigenvalue weighted by atomic mass is 9.86. The molecule has 3 aromatic rings. The van der Waals surface area contributed by atoms with Gasteiger partial charge in [-0.25, -0.2) is 0 Å². The molecule has 4 rings (SSSR count). The van der Waals surface area contributed by atoms with Crippen LogP contribution in [0.25, 0.3) is 0 Å². The van der Waals surface area contributed by atoms with Crippen LogP contribution in [0, 0.1) is 19.3 Å². The van der Waals surface area contributed by atoms with E-state index in [1.165, 1.54) is 27.4 Å². The predicted molar refractivity (Wildman–Crippen MR) is 152 cm³/mol. The fraction of sp³-hybridized carbons (Fsp3) is 0.387. The number of benzene rings is 3. The summed E-state index contributed by atoms with van der Waals surface area (Å²) in [4.78, 5) is 16.2. The van der Waals surface area contributed by atoms with E-state index in [4.69, 9.17) is 9.47 Å². The Morgan fingerprint density at radius 3 is 1.83 bits per heavy atom. The van der Waals surface area contributed by atoms with Crippen molar-refractivity contribution in [2.45, 2.75) is 46.3 Å². The SMILES string of the molecule is COCC1(COC)Cc2c(C)c(N(C(=O)c3ccccc3)c3ccccc3)c([Si](C)(C)C)c(C)c2C1. The van der Waals surface area contributed by atoms with Crippen molar-refractivity contribution in [3.05, 3.63) is 88.5 Å². The third-order valence-corrected chi connectivity index (χ3v) is 9.56. The zero-order valence-corrected chi connectivity index (χ0v) is 23.8. The summed E-state index contributed by atoms with van der Waals surface area (Å²) in [5.41, 5.74) is 7.87. The average molecular weight is 502 g/mol. The summed E-state index contributed by atoms with van der Waals surface area (Å²) >= 11 is 0. The molecule has 0 spiro atoms. The zero-order valence-electron chi connectivity index (χ0n) is 22.8. The number of hydrogen-bond acceptors (Lipinski definition) is 3.